The number of hydrogen-bond donors (Lipinski definition) is 0. The van der Waals surface area contributed by atoms with Gasteiger partial charge in [-0.1, -0.05) is 13.0 Å². The first-order chi connectivity index (χ1) is 7.47. The van der Waals surface area contributed by atoms with E-state index in [0.29, 0.717) is 4.47 Å². The lowest BCUT2D eigenvalue weighted by Gasteiger charge is -2.06. The van der Waals surface area contributed by atoms with E-state index in [2.05, 4.69) is 31.9 Å². The zero-order valence-electron chi connectivity index (χ0n) is 8.47. The van der Waals surface area contributed by atoms with Gasteiger partial charge in [0.25, 0.3) is 0 Å². The number of halogens is 3. The molecule has 0 amide bonds. The lowest BCUT2D eigenvalue weighted by atomic mass is 10.0. The van der Waals surface area contributed by atoms with Gasteiger partial charge >= 0.3 is 0 Å². The molecule has 1 aromatic rings. The highest BCUT2D eigenvalue weighted by molar-refractivity contribution is 9.13. The molecule has 5 heteroatoms. The fourth-order valence-corrected chi connectivity index (χ4v) is 1.75. The maximum absolute atomic E-state index is 13.4. The Hall–Kier alpha value is -0.550. The average molecular weight is 352 g/mol. The maximum atomic E-state index is 13.4. The highest BCUT2D eigenvalue weighted by Crippen LogP contribution is 2.24. The zero-order chi connectivity index (χ0) is 12.3. The summed E-state index contributed by atoms with van der Waals surface area (Å²) in [6.45, 7) is 1.53. The standard InChI is InChI=1S/C11H9Br2FO2/c1-2-9(15)10(14)11(16)6-3-4-7(12)8(13)5-6/h3-5,10H,2H2,1H3. The van der Waals surface area contributed by atoms with Crippen molar-refractivity contribution in [2.24, 2.45) is 0 Å². The largest absolute Gasteiger partial charge is 0.296 e. The molecular formula is C11H9Br2FO2. The normalized spacial score (nSPS) is 12.2. The zero-order valence-corrected chi connectivity index (χ0v) is 11.6. The number of benzene rings is 1. The van der Waals surface area contributed by atoms with Crippen LogP contribution in [0.25, 0.3) is 0 Å². The molecule has 0 heterocycles. The fraction of sp³-hybridized carbons (Fsp3) is 0.273. The van der Waals surface area contributed by atoms with E-state index in [9.17, 15) is 14.0 Å². The minimum atomic E-state index is -2.06. The summed E-state index contributed by atoms with van der Waals surface area (Å²) in [4.78, 5) is 22.6. The van der Waals surface area contributed by atoms with Crippen LogP contribution in [0.2, 0.25) is 0 Å². The van der Waals surface area contributed by atoms with Crippen LogP contribution in [0.4, 0.5) is 4.39 Å². The van der Waals surface area contributed by atoms with Crippen LogP contribution in [-0.4, -0.2) is 17.7 Å². The molecule has 0 aromatic heterocycles. The lowest BCUT2D eigenvalue weighted by Crippen LogP contribution is -2.25. The summed E-state index contributed by atoms with van der Waals surface area (Å²) in [5.74, 6) is -1.48. The Labute approximate surface area is 109 Å². The van der Waals surface area contributed by atoms with Gasteiger partial charge in [0.2, 0.25) is 12.0 Å². The Morgan fingerprint density at radius 1 is 1.31 bits per heavy atom. The quantitative estimate of drug-likeness (QED) is 0.612. The summed E-state index contributed by atoms with van der Waals surface area (Å²) in [6, 6.07) is 4.59. The van der Waals surface area contributed by atoms with E-state index in [0.717, 1.165) is 4.47 Å². The van der Waals surface area contributed by atoms with E-state index in [1.54, 1.807) is 6.07 Å². The number of carbonyl (C=O) groups is 2. The molecule has 1 atom stereocenters. The van der Waals surface area contributed by atoms with Crippen molar-refractivity contribution in [3.05, 3.63) is 32.7 Å². The second-order valence-corrected chi connectivity index (χ2v) is 4.88. The van der Waals surface area contributed by atoms with Gasteiger partial charge in [-0.3, -0.25) is 9.59 Å². The number of ketones is 2. The SMILES string of the molecule is CCC(=O)C(F)C(=O)c1ccc(Br)c(Br)c1. The average Bonchev–Trinajstić information content (AvgIpc) is 2.29. The second kappa shape index (κ2) is 5.68. The number of rotatable bonds is 4. The molecule has 0 saturated heterocycles. The molecule has 1 rings (SSSR count). The molecule has 0 spiro atoms. The van der Waals surface area contributed by atoms with Gasteiger partial charge in [0, 0.05) is 20.9 Å². The highest BCUT2D eigenvalue weighted by atomic mass is 79.9. The van der Waals surface area contributed by atoms with Crippen molar-refractivity contribution in [1.29, 1.82) is 0 Å². The van der Waals surface area contributed by atoms with Gasteiger partial charge in [-0.15, -0.1) is 0 Å². The maximum Gasteiger partial charge on any atom is 0.220 e. The summed E-state index contributed by atoms with van der Waals surface area (Å²) in [6.07, 6.45) is -2.04. The molecule has 0 radical (unpaired) electrons. The van der Waals surface area contributed by atoms with Crippen LogP contribution in [0.3, 0.4) is 0 Å². The van der Waals surface area contributed by atoms with Crippen molar-refractivity contribution < 1.29 is 14.0 Å². The Morgan fingerprint density at radius 2 is 1.94 bits per heavy atom. The predicted molar refractivity (Wildman–Crippen MR) is 66.4 cm³/mol. The van der Waals surface area contributed by atoms with Crippen LogP contribution in [0.1, 0.15) is 23.7 Å². The van der Waals surface area contributed by atoms with Gasteiger partial charge in [0.05, 0.1) is 0 Å². The summed E-state index contributed by atoms with van der Waals surface area (Å²) in [5.41, 5.74) is 0.185. The van der Waals surface area contributed by atoms with Crippen molar-refractivity contribution in [2.75, 3.05) is 0 Å². The van der Waals surface area contributed by atoms with Gasteiger partial charge in [-0.05, 0) is 44.0 Å². The number of Topliss-reactive ketones (excluding diaryl/α,β-unsaturated/α-hetero) is 2. The summed E-state index contributed by atoms with van der Waals surface area (Å²) < 4.78 is 14.8. The smallest absolute Gasteiger partial charge is 0.220 e. The van der Waals surface area contributed by atoms with Gasteiger partial charge in [-0.25, -0.2) is 4.39 Å². The molecule has 0 fully saturated rings. The molecule has 0 aliphatic carbocycles. The second-order valence-electron chi connectivity index (χ2n) is 3.18. The van der Waals surface area contributed by atoms with E-state index in [1.807, 2.05) is 0 Å². The van der Waals surface area contributed by atoms with Crippen molar-refractivity contribution >= 4 is 43.4 Å². The van der Waals surface area contributed by atoms with Crippen molar-refractivity contribution in [3.63, 3.8) is 0 Å². The molecular weight excluding hydrogens is 343 g/mol. The fourth-order valence-electron chi connectivity index (χ4n) is 1.12. The first-order valence-electron chi connectivity index (χ1n) is 4.63. The van der Waals surface area contributed by atoms with Crippen molar-refractivity contribution in [1.82, 2.24) is 0 Å². The predicted octanol–water partition coefficient (Wildman–Crippen LogP) is 3.71. The van der Waals surface area contributed by atoms with E-state index in [-0.39, 0.29) is 12.0 Å². The Balaban J connectivity index is 2.97. The first-order valence-corrected chi connectivity index (χ1v) is 6.22. The van der Waals surface area contributed by atoms with Gasteiger partial charge < -0.3 is 0 Å². The summed E-state index contributed by atoms with van der Waals surface area (Å²) >= 11 is 6.45. The number of alkyl halides is 1. The van der Waals surface area contributed by atoms with Crippen LogP contribution in [-0.2, 0) is 4.79 Å². The van der Waals surface area contributed by atoms with E-state index < -0.39 is 17.7 Å². The van der Waals surface area contributed by atoms with E-state index >= 15 is 0 Å². The Kier molecular flexibility index (Phi) is 4.80. The number of hydrogen-bond acceptors (Lipinski definition) is 2. The van der Waals surface area contributed by atoms with Crippen LogP contribution in [0, 0.1) is 0 Å². The molecule has 1 aromatic carbocycles. The minimum absolute atomic E-state index is 0.0185. The minimum Gasteiger partial charge on any atom is -0.296 e. The van der Waals surface area contributed by atoms with Gasteiger partial charge in [-0.2, -0.15) is 0 Å². The first kappa shape index (κ1) is 13.5. The topological polar surface area (TPSA) is 34.1 Å². The highest BCUT2D eigenvalue weighted by Gasteiger charge is 2.25. The van der Waals surface area contributed by atoms with Crippen LogP contribution < -0.4 is 0 Å². The molecule has 0 saturated carbocycles. The van der Waals surface area contributed by atoms with Crippen LogP contribution >= 0.6 is 31.9 Å². The molecule has 2 nitrogen and oxygen atoms in total. The third-order valence-electron chi connectivity index (χ3n) is 2.07. The van der Waals surface area contributed by atoms with Crippen LogP contribution in [0.5, 0.6) is 0 Å². The van der Waals surface area contributed by atoms with E-state index in [4.69, 9.17) is 0 Å². The number of carbonyl (C=O) groups excluding carboxylic acids is 2. The summed E-state index contributed by atoms with van der Waals surface area (Å²) in [7, 11) is 0. The van der Waals surface area contributed by atoms with Crippen molar-refractivity contribution in [2.45, 2.75) is 19.5 Å². The molecule has 0 aliphatic heterocycles. The molecule has 86 valence electrons. The van der Waals surface area contributed by atoms with Crippen LogP contribution in [0.15, 0.2) is 27.1 Å². The lowest BCUT2D eigenvalue weighted by molar-refractivity contribution is -0.121. The third-order valence-corrected chi connectivity index (χ3v) is 3.95. The summed E-state index contributed by atoms with van der Waals surface area (Å²) in [5, 5.41) is 0. The van der Waals surface area contributed by atoms with E-state index in [1.165, 1.54) is 19.1 Å². The molecule has 0 bridgehead atoms. The Bertz CT molecular complexity index is 432. The monoisotopic (exact) mass is 350 g/mol. The molecule has 0 aliphatic rings. The van der Waals surface area contributed by atoms with Gasteiger partial charge in [0.1, 0.15) is 0 Å². The molecule has 16 heavy (non-hydrogen) atoms. The third kappa shape index (κ3) is 2.98. The molecule has 0 N–H and O–H groups in total. The van der Waals surface area contributed by atoms with Gasteiger partial charge in [0.15, 0.2) is 5.78 Å². The Morgan fingerprint density at radius 3 is 2.44 bits per heavy atom. The van der Waals surface area contributed by atoms with Crippen molar-refractivity contribution in [3.8, 4) is 0 Å². The molecule has 1 unspecified atom stereocenters.